The van der Waals surface area contributed by atoms with Gasteiger partial charge in [-0.05, 0) is 37.5 Å². The SMILES string of the molecule is CC(C)C[C@H](NC(=O)[C@@H](NC(=O)[C@@H](N)CC(N)=O)C(C)C)C(=O)N[C@@H](CCC(N)=O)C(=O)N1CCC[C@H]1C(=O)N[C@@H](CO)C(=O)N[C@@H](CO)C(=O)O. The van der Waals surface area contributed by atoms with Gasteiger partial charge in [0.2, 0.25) is 47.3 Å². The Hall–Kier alpha value is -4.89. The first-order valence-electron chi connectivity index (χ1n) is 16.8. The zero-order valence-corrected chi connectivity index (χ0v) is 29.8. The van der Waals surface area contributed by atoms with Gasteiger partial charge in [0, 0.05) is 13.0 Å². The van der Waals surface area contributed by atoms with Crippen molar-refractivity contribution in [2.24, 2.45) is 29.0 Å². The summed E-state index contributed by atoms with van der Waals surface area (Å²) in [6.07, 6.45) is -0.593. The quantitative estimate of drug-likeness (QED) is 0.0494. The van der Waals surface area contributed by atoms with E-state index in [2.05, 4.69) is 21.3 Å². The van der Waals surface area contributed by atoms with Gasteiger partial charge in [-0.3, -0.25) is 38.4 Å². The van der Waals surface area contributed by atoms with Crippen LogP contribution >= 0.6 is 0 Å². The second-order valence-electron chi connectivity index (χ2n) is 13.3. The lowest BCUT2D eigenvalue weighted by Crippen LogP contribution is -2.60. The molecule has 0 aliphatic carbocycles. The molecular weight excluding hydrogens is 690 g/mol. The lowest BCUT2D eigenvalue weighted by Gasteiger charge is -2.31. The molecule has 0 unspecified atom stereocenters. The smallest absolute Gasteiger partial charge is 0.328 e. The van der Waals surface area contributed by atoms with E-state index in [1.807, 2.05) is 5.32 Å². The van der Waals surface area contributed by atoms with E-state index in [0.717, 1.165) is 4.90 Å². The second kappa shape index (κ2) is 21.5. The number of primary amides is 2. The highest BCUT2D eigenvalue weighted by Gasteiger charge is 2.40. The molecule has 1 heterocycles. The zero-order chi connectivity index (χ0) is 39.9. The summed E-state index contributed by atoms with van der Waals surface area (Å²) < 4.78 is 0. The molecule has 21 nitrogen and oxygen atoms in total. The predicted octanol–water partition coefficient (Wildman–Crippen LogP) is -5.36. The maximum atomic E-state index is 13.9. The fourth-order valence-corrected chi connectivity index (χ4v) is 5.31. The number of nitrogens with zero attached hydrogens (tertiary/aromatic N) is 1. The summed E-state index contributed by atoms with van der Waals surface area (Å²) in [6, 6.07) is -9.70. The fourth-order valence-electron chi connectivity index (χ4n) is 5.31. The highest BCUT2D eigenvalue weighted by atomic mass is 16.4. The molecule has 0 spiro atoms. The van der Waals surface area contributed by atoms with Crippen LogP contribution in [0.5, 0.6) is 0 Å². The van der Waals surface area contributed by atoms with Crippen LogP contribution in [0, 0.1) is 11.8 Å². The number of nitrogens with two attached hydrogens (primary N) is 3. The number of amides is 8. The number of carboxylic acids is 1. The first kappa shape index (κ1) is 45.1. The third-order valence-corrected chi connectivity index (χ3v) is 8.09. The average Bonchev–Trinajstić information content (AvgIpc) is 3.55. The van der Waals surface area contributed by atoms with Crippen molar-refractivity contribution in [1.82, 2.24) is 31.5 Å². The Bertz CT molecular complexity index is 1330. The summed E-state index contributed by atoms with van der Waals surface area (Å²) >= 11 is 0. The van der Waals surface area contributed by atoms with Crippen molar-refractivity contribution in [3.05, 3.63) is 0 Å². The van der Waals surface area contributed by atoms with Crippen molar-refractivity contribution in [2.45, 2.75) is 109 Å². The minimum atomic E-state index is -1.71. The van der Waals surface area contributed by atoms with E-state index in [4.69, 9.17) is 22.3 Å². The Kier molecular flexibility index (Phi) is 18.6. The van der Waals surface area contributed by atoms with E-state index in [-0.39, 0.29) is 38.1 Å². The van der Waals surface area contributed by atoms with Gasteiger partial charge in [0.05, 0.1) is 25.7 Å². The Labute approximate surface area is 300 Å². The number of aliphatic carboxylic acids is 1. The predicted molar refractivity (Wildman–Crippen MR) is 181 cm³/mol. The lowest BCUT2D eigenvalue weighted by atomic mass is 9.99. The fraction of sp³-hybridized carbons (Fsp3) is 0.710. The molecule has 21 heteroatoms. The van der Waals surface area contributed by atoms with Crippen LogP contribution in [-0.4, -0.2) is 135 Å². The van der Waals surface area contributed by atoms with Gasteiger partial charge in [-0.1, -0.05) is 27.7 Å². The van der Waals surface area contributed by atoms with Crippen LogP contribution in [0.25, 0.3) is 0 Å². The minimum absolute atomic E-state index is 0.0290. The van der Waals surface area contributed by atoms with Gasteiger partial charge in [0.25, 0.3) is 0 Å². The highest BCUT2D eigenvalue weighted by Crippen LogP contribution is 2.20. The molecule has 1 saturated heterocycles. The molecule has 1 aliphatic rings. The maximum Gasteiger partial charge on any atom is 0.328 e. The molecule has 0 aromatic carbocycles. The van der Waals surface area contributed by atoms with Crippen molar-refractivity contribution in [2.75, 3.05) is 19.8 Å². The number of carbonyl (C=O) groups excluding carboxylic acids is 8. The van der Waals surface area contributed by atoms with Crippen molar-refractivity contribution < 1.29 is 58.5 Å². The topological polar surface area (TPSA) is 356 Å². The summed E-state index contributed by atoms with van der Waals surface area (Å²) in [4.78, 5) is 114. The number of aliphatic hydroxyl groups is 2. The number of nitrogens with one attached hydrogen (secondary N) is 5. The van der Waals surface area contributed by atoms with E-state index < -0.39 is 121 Å². The number of rotatable bonds is 22. The third kappa shape index (κ3) is 14.4. The minimum Gasteiger partial charge on any atom is -0.480 e. The van der Waals surface area contributed by atoms with Crippen molar-refractivity contribution >= 4 is 53.2 Å². The molecule has 0 saturated carbocycles. The second-order valence-corrected chi connectivity index (χ2v) is 13.3. The molecule has 1 rings (SSSR count). The molecule has 7 atom stereocenters. The normalized spacial score (nSPS) is 17.6. The number of carboxylic acid groups (broad SMARTS) is 1. The molecule has 0 bridgehead atoms. The summed E-state index contributed by atoms with van der Waals surface area (Å²) in [7, 11) is 0. The maximum absolute atomic E-state index is 13.9. The van der Waals surface area contributed by atoms with Gasteiger partial charge < -0.3 is 64.0 Å². The number of hydrogen-bond acceptors (Lipinski definition) is 12. The molecule has 52 heavy (non-hydrogen) atoms. The van der Waals surface area contributed by atoms with Gasteiger partial charge in [-0.25, -0.2) is 4.79 Å². The van der Waals surface area contributed by atoms with Gasteiger partial charge in [-0.15, -0.1) is 0 Å². The number of hydrogen-bond donors (Lipinski definition) is 11. The summed E-state index contributed by atoms with van der Waals surface area (Å²) in [5.41, 5.74) is 16.1. The number of carbonyl (C=O) groups is 9. The molecule has 0 radical (unpaired) electrons. The van der Waals surface area contributed by atoms with Gasteiger partial charge in [-0.2, -0.15) is 0 Å². The zero-order valence-electron chi connectivity index (χ0n) is 29.8. The van der Waals surface area contributed by atoms with Crippen LogP contribution in [0.4, 0.5) is 0 Å². The monoisotopic (exact) mass is 743 g/mol. The third-order valence-electron chi connectivity index (χ3n) is 8.09. The first-order chi connectivity index (χ1) is 24.2. The van der Waals surface area contributed by atoms with Crippen molar-refractivity contribution in [3.63, 3.8) is 0 Å². The van der Waals surface area contributed by atoms with Gasteiger partial charge >= 0.3 is 5.97 Å². The van der Waals surface area contributed by atoms with Gasteiger partial charge in [0.1, 0.15) is 36.3 Å². The molecule has 8 amide bonds. The Morgan fingerprint density at radius 1 is 0.731 bits per heavy atom. The van der Waals surface area contributed by atoms with Gasteiger partial charge in [0.15, 0.2) is 0 Å². The standard InChI is InChI=1S/C31H53N9O12/c1-14(2)10-18(36-29(49)24(15(3)4)39-25(45)16(32)11-23(34)44)26(46)35-17(7-8-22(33)43)30(50)40-9-5-6-21(40)28(48)37-19(12-41)27(47)38-20(13-42)31(51)52/h14-21,24,41-42H,5-13,32H2,1-4H3,(H2,33,43)(H2,34,44)(H,35,46)(H,36,49)(H,37,48)(H,38,47)(H,39,45)(H,51,52)/t16-,17-,18-,19-,20-,21-,24-/m0/s1. The van der Waals surface area contributed by atoms with Crippen LogP contribution in [0.2, 0.25) is 0 Å². The Balaban J connectivity index is 3.23. The first-order valence-corrected chi connectivity index (χ1v) is 16.8. The van der Waals surface area contributed by atoms with E-state index >= 15 is 0 Å². The average molecular weight is 744 g/mol. The van der Waals surface area contributed by atoms with E-state index in [1.165, 1.54) is 0 Å². The molecule has 294 valence electrons. The Morgan fingerprint density at radius 3 is 1.79 bits per heavy atom. The van der Waals surface area contributed by atoms with Crippen molar-refractivity contribution in [1.29, 1.82) is 0 Å². The van der Waals surface area contributed by atoms with Crippen LogP contribution in [0.15, 0.2) is 0 Å². The lowest BCUT2D eigenvalue weighted by molar-refractivity contribution is -0.144. The van der Waals surface area contributed by atoms with Crippen LogP contribution in [0.1, 0.15) is 66.2 Å². The van der Waals surface area contributed by atoms with E-state index in [0.29, 0.717) is 6.42 Å². The van der Waals surface area contributed by atoms with Crippen molar-refractivity contribution in [3.8, 4) is 0 Å². The van der Waals surface area contributed by atoms with Crippen LogP contribution in [-0.2, 0) is 43.2 Å². The molecule has 0 aromatic rings. The number of likely N-dealkylation sites (tertiary alicyclic amines) is 1. The molecule has 1 aliphatic heterocycles. The summed E-state index contributed by atoms with van der Waals surface area (Å²) in [6.45, 7) is 4.91. The van der Waals surface area contributed by atoms with Crippen LogP contribution < -0.4 is 43.8 Å². The highest BCUT2D eigenvalue weighted by molar-refractivity contribution is 5.97. The molecule has 14 N–H and O–H groups in total. The van der Waals surface area contributed by atoms with E-state index in [9.17, 15) is 53.4 Å². The molecule has 1 fully saturated rings. The summed E-state index contributed by atoms with van der Waals surface area (Å²) in [5, 5.41) is 39.8. The summed E-state index contributed by atoms with van der Waals surface area (Å²) in [5.74, 6) is -9.01. The Morgan fingerprint density at radius 2 is 1.29 bits per heavy atom. The van der Waals surface area contributed by atoms with E-state index in [1.54, 1.807) is 27.7 Å². The number of aliphatic hydroxyl groups excluding tert-OH is 2. The largest absolute Gasteiger partial charge is 0.480 e. The van der Waals surface area contributed by atoms with Crippen LogP contribution in [0.3, 0.4) is 0 Å². The molecule has 0 aromatic heterocycles. The molecular formula is C31H53N9O12.